The van der Waals surface area contributed by atoms with E-state index in [0.29, 0.717) is 16.3 Å². The summed E-state index contributed by atoms with van der Waals surface area (Å²) in [5.74, 6) is -1.18. The van der Waals surface area contributed by atoms with Crippen LogP contribution in [0.4, 0.5) is 5.69 Å². The number of nitrogens with zero attached hydrogens (tertiary/aromatic N) is 1. The zero-order chi connectivity index (χ0) is 17.4. The molecule has 0 aliphatic heterocycles. The van der Waals surface area contributed by atoms with Gasteiger partial charge >= 0.3 is 5.97 Å². The van der Waals surface area contributed by atoms with Crippen molar-refractivity contribution in [2.75, 3.05) is 11.9 Å². The number of amides is 1. The number of para-hydroxylation sites is 1. The zero-order valence-electron chi connectivity index (χ0n) is 12.5. The fourth-order valence-corrected chi connectivity index (χ4v) is 2.03. The van der Waals surface area contributed by atoms with Crippen LogP contribution in [0.15, 0.2) is 54.6 Å². The second-order valence-corrected chi connectivity index (χ2v) is 5.14. The quantitative estimate of drug-likeness (QED) is 0.668. The number of nitrogens with one attached hydrogen (secondary N) is 1. The van der Waals surface area contributed by atoms with Crippen LogP contribution in [0.1, 0.15) is 11.1 Å². The Bertz CT molecular complexity index is 825. The van der Waals surface area contributed by atoms with Crippen molar-refractivity contribution in [1.82, 2.24) is 0 Å². The number of carbonyl (C=O) groups excluding carboxylic acids is 2. The Kier molecular flexibility index (Phi) is 6.12. The maximum Gasteiger partial charge on any atom is 0.331 e. The van der Waals surface area contributed by atoms with E-state index in [2.05, 4.69) is 5.32 Å². The van der Waals surface area contributed by atoms with E-state index in [1.807, 2.05) is 6.07 Å². The minimum absolute atomic E-state index is 0.332. The molecule has 0 spiro atoms. The standard InChI is InChI=1S/C18H13ClN2O3/c19-15-6-3-4-13(10-15)8-9-18(23)24-12-17(22)21-16-7-2-1-5-14(16)11-20/h1-10H,12H2,(H,21,22). The summed E-state index contributed by atoms with van der Waals surface area (Å²) in [6.07, 6.45) is 2.75. The molecule has 0 atom stereocenters. The van der Waals surface area contributed by atoms with Gasteiger partial charge in [-0.3, -0.25) is 4.79 Å². The van der Waals surface area contributed by atoms with Gasteiger partial charge in [-0.15, -0.1) is 0 Å². The highest BCUT2D eigenvalue weighted by Gasteiger charge is 2.08. The van der Waals surface area contributed by atoms with E-state index in [0.717, 1.165) is 5.56 Å². The van der Waals surface area contributed by atoms with Gasteiger partial charge < -0.3 is 10.1 Å². The lowest BCUT2D eigenvalue weighted by atomic mass is 10.2. The Morgan fingerprint density at radius 1 is 1.21 bits per heavy atom. The number of hydrogen-bond donors (Lipinski definition) is 1. The molecular weight excluding hydrogens is 328 g/mol. The van der Waals surface area contributed by atoms with Gasteiger partial charge in [0, 0.05) is 11.1 Å². The fourth-order valence-electron chi connectivity index (χ4n) is 1.84. The summed E-state index contributed by atoms with van der Waals surface area (Å²) in [7, 11) is 0. The summed E-state index contributed by atoms with van der Waals surface area (Å²) in [6, 6.07) is 15.5. The number of nitriles is 1. The van der Waals surface area contributed by atoms with Gasteiger partial charge in [0.05, 0.1) is 11.3 Å². The van der Waals surface area contributed by atoms with Crippen molar-refractivity contribution in [3.8, 4) is 6.07 Å². The van der Waals surface area contributed by atoms with E-state index in [1.54, 1.807) is 48.5 Å². The van der Waals surface area contributed by atoms with Gasteiger partial charge in [-0.05, 0) is 35.9 Å². The molecular formula is C18H13ClN2O3. The molecule has 0 heterocycles. The summed E-state index contributed by atoms with van der Waals surface area (Å²) in [5.41, 5.74) is 1.44. The van der Waals surface area contributed by atoms with Crippen molar-refractivity contribution in [3.63, 3.8) is 0 Å². The van der Waals surface area contributed by atoms with Crippen molar-refractivity contribution in [3.05, 3.63) is 70.8 Å². The topological polar surface area (TPSA) is 79.2 Å². The lowest BCUT2D eigenvalue weighted by molar-refractivity contribution is -0.142. The van der Waals surface area contributed by atoms with Gasteiger partial charge in [-0.2, -0.15) is 5.26 Å². The van der Waals surface area contributed by atoms with Crippen molar-refractivity contribution < 1.29 is 14.3 Å². The molecule has 0 bridgehead atoms. The van der Waals surface area contributed by atoms with Gasteiger partial charge in [0.25, 0.3) is 5.91 Å². The van der Waals surface area contributed by atoms with Crippen molar-refractivity contribution >= 4 is 35.2 Å². The van der Waals surface area contributed by atoms with Gasteiger partial charge in [-0.1, -0.05) is 35.9 Å². The highest BCUT2D eigenvalue weighted by atomic mass is 35.5. The van der Waals surface area contributed by atoms with E-state index in [9.17, 15) is 9.59 Å². The molecule has 120 valence electrons. The number of carbonyl (C=O) groups is 2. The fraction of sp³-hybridized carbons (Fsp3) is 0.0556. The highest BCUT2D eigenvalue weighted by Crippen LogP contribution is 2.13. The monoisotopic (exact) mass is 340 g/mol. The second kappa shape index (κ2) is 8.51. The van der Waals surface area contributed by atoms with Crippen LogP contribution in [0.25, 0.3) is 6.08 Å². The molecule has 2 rings (SSSR count). The molecule has 24 heavy (non-hydrogen) atoms. The number of rotatable bonds is 5. The van der Waals surface area contributed by atoms with Crippen LogP contribution >= 0.6 is 11.6 Å². The maximum absolute atomic E-state index is 11.8. The number of benzene rings is 2. The smallest absolute Gasteiger partial charge is 0.331 e. The van der Waals surface area contributed by atoms with Crippen LogP contribution in [0.5, 0.6) is 0 Å². The Morgan fingerprint density at radius 2 is 2.00 bits per heavy atom. The van der Waals surface area contributed by atoms with E-state index in [4.69, 9.17) is 21.6 Å². The second-order valence-electron chi connectivity index (χ2n) is 4.70. The molecule has 1 amide bonds. The van der Waals surface area contributed by atoms with Gasteiger partial charge in [0.15, 0.2) is 6.61 Å². The number of ether oxygens (including phenoxy) is 1. The predicted molar refractivity (Wildman–Crippen MR) is 91.2 cm³/mol. The first-order chi connectivity index (χ1) is 11.6. The van der Waals surface area contributed by atoms with Crippen molar-refractivity contribution in [2.24, 2.45) is 0 Å². The Labute approximate surface area is 144 Å². The summed E-state index contributed by atoms with van der Waals surface area (Å²) in [4.78, 5) is 23.4. The third-order valence-corrected chi connectivity index (χ3v) is 3.16. The minimum Gasteiger partial charge on any atom is -0.452 e. The molecule has 0 fully saturated rings. The number of hydrogen-bond acceptors (Lipinski definition) is 4. The summed E-state index contributed by atoms with van der Waals surface area (Å²) >= 11 is 5.84. The molecule has 2 aromatic rings. The van der Waals surface area contributed by atoms with E-state index in [1.165, 1.54) is 12.2 Å². The van der Waals surface area contributed by atoms with E-state index >= 15 is 0 Å². The van der Waals surface area contributed by atoms with Crippen LogP contribution in [-0.4, -0.2) is 18.5 Å². The van der Waals surface area contributed by atoms with E-state index in [-0.39, 0.29) is 0 Å². The number of anilines is 1. The first-order valence-corrected chi connectivity index (χ1v) is 7.35. The Balaban J connectivity index is 1.85. The van der Waals surface area contributed by atoms with Crippen LogP contribution in [0.2, 0.25) is 5.02 Å². The van der Waals surface area contributed by atoms with Crippen LogP contribution in [-0.2, 0) is 14.3 Å². The average molecular weight is 341 g/mol. The molecule has 0 radical (unpaired) electrons. The van der Waals surface area contributed by atoms with Gasteiger partial charge in [0.1, 0.15) is 6.07 Å². The summed E-state index contributed by atoms with van der Waals surface area (Å²) in [6.45, 7) is -0.446. The van der Waals surface area contributed by atoms with Crippen molar-refractivity contribution in [2.45, 2.75) is 0 Å². The van der Waals surface area contributed by atoms with Crippen molar-refractivity contribution in [1.29, 1.82) is 5.26 Å². The molecule has 0 aromatic heterocycles. The van der Waals surface area contributed by atoms with Gasteiger partial charge in [0.2, 0.25) is 0 Å². The lowest BCUT2D eigenvalue weighted by Crippen LogP contribution is -2.20. The van der Waals surface area contributed by atoms with E-state index < -0.39 is 18.5 Å². The lowest BCUT2D eigenvalue weighted by Gasteiger charge is -2.06. The molecule has 0 saturated carbocycles. The molecule has 0 aliphatic carbocycles. The maximum atomic E-state index is 11.8. The third kappa shape index (κ3) is 5.27. The molecule has 0 saturated heterocycles. The van der Waals surface area contributed by atoms with Crippen LogP contribution in [0.3, 0.4) is 0 Å². The molecule has 2 aromatic carbocycles. The Morgan fingerprint density at radius 3 is 2.75 bits per heavy atom. The minimum atomic E-state index is -0.654. The predicted octanol–water partition coefficient (Wildman–Crippen LogP) is 3.41. The average Bonchev–Trinajstić information content (AvgIpc) is 2.58. The summed E-state index contributed by atoms with van der Waals surface area (Å²) < 4.78 is 4.85. The molecule has 5 nitrogen and oxygen atoms in total. The third-order valence-electron chi connectivity index (χ3n) is 2.93. The summed E-state index contributed by atoms with van der Waals surface area (Å²) in [5, 5.41) is 12.0. The number of halogens is 1. The molecule has 1 N–H and O–H groups in total. The molecule has 0 aliphatic rings. The largest absolute Gasteiger partial charge is 0.452 e. The van der Waals surface area contributed by atoms with Gasteiger partial charge in [-0.25, -0.2) is 4.79 Å². The highest BCUT2D eigenvalue weighted by molar-refractivity contribution is 6.30. The zero-order valence-corrected chi connectivity index (χ0v) is 13.3. The first-order valence-electron chi connectivity index (χ1n) is 6.98. The normalized spacial score (nSPS) is 10.2. The Hall–Kier alpha value is -3.10. The molecule has 6 heteroatoms. The van der Waals surface area contributed by atoms with Crippen LogP contribution in [0, 0.1) is 11.3 Å². The first kappa shape index (κ1) is 17.3. The SMILES string of the molecule is N#Cc1ccccc1NC(=O)COC(=O)C=Cc1cccc(Cl)c1. The number of esters is 1. The van der Waals surface area contributed by atoms with Crippen LogP contribution < -0.4 is 5.32 Å². The molecule has 0 unspecified atom stereocenters.